The van der Waals surface area contributed by atoms with Crippen LogP contribution in [0, 0.1) is 12.8 Å². The van der Waals surface area contributed by atoms with Crippen LogP contribution in [0.5, 0.6) is 0 Å². The summed E-state index contributed by atoms with van der Waals surface area (Å²) in [7, 11) is 0. The van der Waals surface area contributed by atoms with Crippen molar-refractivity contribution in [2.75, 3.05) is 39.3 Å². The lowest BCUT2D eigenvalue weighted by atomic mass is 9.95. The second kappa shape index (κ2) is 9.56. The topological polar surface area (TPSA) is 39.7 Å². The van der Waals surface area contributed by atoms with Crippen LogP contribution < -0.4 is 0 Å². The fourth-order valence-corrected chi connectivity index (χ4v) is 5.01. The maximum absolute atomic E-state index is 13.0. The molecule has 29 heavy (non-hydrogen) atoms. The van der Waals surface area contributed by atoms with E-state index in [0.717, 1.165) is 80.9 Å². The van der Waals surface area contributed by atoms with Crippen LogP contribution >= 0.6 is 22.9 Å². The lowest BCUT2D eigenvalue weighted by Crippen LogP contribution is -2.51. The number of hydrogen-bond donors (Lipinski definition) is 0. The molecule has 0 spiro atoms. The largest absolute Gasteiger partial charge is 0.340 e. The number of amides is 1. The van der Waals surface area contributed by atoms with E-state index in [1.807, 2.05) is 19.1 Å². The number of aromatic nitrogens is 1. The first-order valence-electron chi connectivity index (χ1n) is 10.5. The maximum Gasteiger partial charge on any atom is 0.225 e. The molecule has 2 aliphatic rings. The van der Waals surface area contributed by atoms with Gasteiger partial charge in [-0.05, 0) is 50.6 Å². The molecule has 1 aromatic carbocycles. The molecular formula is C22H29ClN4OS. The highest BCUT2D eigenvalue weighted by Crippen LogP contribution is 2.23. The SMILES string of the molecule is Cc1nc(CN2CCC(C(=O)N3CCN(Cc4ccc(Cl)cc4)CC3)CC2)cs1. The molecule has 0 unspecified atom stereocenters. The molecule has 0 N–H and O–H groups in total. The number of benzene rings is 1. The van der Waals surface area contributed by atoms with Crippen molar-refractivity contribution in [3.8, 4) is 0 Å². The highest BCUT2D eigenvalue weighted by Gasteiger charge is 2.30. The molecule has 2 aliphatic heterocycles. The van der Waals surface area contributed by atoms with Crippen LogP contribution in [0.1, 0.15) is 29.1 Å². The first kappa shape index (κ1) is 20.8. The highest BCUT2D eigenvalue weighted by atomic mass is 35.5. The van der Waals surface area contributed by atoms with Crippen molar-refractivity contribution >= 4 is 28.8 Å². The summed E-state index contributed by atoms with van der Waals surface area (Å²) in [6.07, 6.45) is 1.93. The van der Waals surface area contributed by atoms with Gasteiger partial charge in [0.05, 0.1) is 10.7 Å². The van der Waals surface area contributed by atoms with Crippen LogP contribution in [-0.2, 0) is 17.9 Å². The van der Waals surface area contributed by atoms with E-state index < -0.39 is 0 Å². The summed E-state index contributed by atoms with van der Waals surface area (Å²) >= 11 is 7.68. The standard InChI is InChI=1S/C22H29ClN4OS/c1-17-24-21(16-29-17)15-25-8-6-19(7-9-25)22(28)27-12-10-26(11-13-27)14-18-2-4-20(23)5-3-18/h2-5,16,19H,6-15H2,1H3. The van der Waals surface area contributed by atoms with E-state index in [2.05, 4.69) is 37.2 Å². The Morgan fingerprint density at radius 2 is 1.69 bits per heavy atom. The Morgan fingerprint density at radius 3 is 2.31 bits per heavy atom. The van der Waals surface area contributed by atoms with Crippen molar-refractivity contribution in [3.05, 3.63) is 50.9 Å². The number of rotatable bonds is 5. The van der Waals surface area contributed by atoms with Gasteiger partial charge >= 0.3 is 0 Å². The Balaban J connectivity index is 1.20. The Bertz CT molecular complexity index is 808. The molecule has 0 bridgehead atoms. The highest BCUT2D eigenvalue weighted by molar-refractivity contribution is 7.09. The summed E-state index contributed by atoms with van der Waals surface area (Å²) in [6.45, 7) is 9.42. The third kappa shape index (κ3) is 5.57. The van der Waals surface area contributed by atoms with E-state index in [4.69, 9.17) is 11.6 Å². The van der Waals surface area contributed by atoms with E-state index in [1.54, 1.807) is 11.3 Å². The fourth-order valence-electron chi connectivity index (χ4n) is 4.28. The second-order valence-electron chi connectivity index (χ2n) is 8.14. The van der Waals surface area contributed by atoms with E-state index in [9.17, 15) is 4.79 Å². The van der Waals surface area contributed by atoms with E-state index in [-0.39, 0.29) is 5.92 Å². The van der Waals surface area contributed by atoms with Gasteiger partial charge in [-0.3, -0.25) is 14.6 Å². The van der Waals surface area contributed by atoms with Gasteiger partial charge in [0.15, 0.2) is 0 Å². The van der Waals surface area contributed by atoms with Crippen molar-refractivity contribution in [1.82, 2.24) is 19.7 Å². The average Bonchev–Trinajstić information content (AvgIpc) is 3.15. The third-order valence-electron chi connectivity index (χ3n) is 5.99. The van der Waals surface area contributed by atoms with Gasteiger partial charge in [-0.1, -0.05) is 23.7 Å². The number of carbonyl (C=O) groups is 1. The molecule has 1 aromatic heterocycles. The Kier molecular flexibility index (Phi) is 6.85. The number of hydrogen-bond acceptors (Lipinski definition) is 5. The lowest BCUT2D eigenvalue weighted by molar-refractivity contribution is -0.139. The number of halogens is 1. The van der Waals surface area contributed by atoms with Crippen molar-refractivity contribution in [2.24, 2.45) is 5.92 Å². The summed E-state index contributed by atoms with van der Waals surface area (Å²) < 4.78 is 0. The van der Waals surface area contributed by atoms with Gasteiger partial charge in [0, 0.05) is 55.6 Å². The number of piperidine rings is 1. The Morgan fingerprint density at radius 1 is 1.03 bits per heavy atom. The normalized spacial score (nSPS) is 19.6. The smallest absolute Gasteiger partial charge is 0.225 e. The molecule has 5 nitrogen and oxygen atoms in total. The maximum atomic E-state index is 13.0. The number of thiazole rings is 1. The van der Waals surface area contributed by atoms with Gasteiger partial charge in [-0.25, -0.2) is 4.98 Å². The van der Waals surface area contributed by atoms with Crippen molar-refractivity contribution in [1.29, 1.82) is 0 Å². The van der Waals surface area contributed by atoms with Crippen LogP contribution in [0.25, 0.3) is 0 Å². The summed E-state index contributed by atoms with van der Waals surface area (Å²) in [4.78, 5) is 24.5. The van der Waals surface area contributed by atoms with Gasteiger partial charge in [-0.2, -0.15) is 0 Å². The summed E-state index contributed by atoms with van der Waals surface area (Å²) in [5.74, 6) is 0.548. The van der Waals surface area contributed by atoms with E-state index in [0.29, 0.717) is 5.91 Å². The summed E-state index contributed by atoms with van der Waals surface area (Å²) in [6, 6.07) is 8.05. The monoisotopic (exact) mass is 432 g/mol. The number of aryl methyl sites for hydroxylation is 1. The van der Waals surface area contributed by atoms with E-state index >= 15 is 0 Å². The molecule has 156 valence electrons. The van der Waals surface area contributed by atoms with Gasteiger partial charge in [0.1, 0.15) is 0 Å². The fraction of sp³-hybridized carbons (Fsp3) is 0.545. The minimum atomic E-state index is 0.186. The number of nitrogens with zero attached hydrogens (tertiary/aromatic N) is 4. The number of carbonyl (C=O) groups excluding carboxylic acids is 1. The molecule has 4 rings (SSSR count). The first-order chi connectivity index (χ1) is 14.1. The van der Waals surface area contributed by atoms with E-state index in [1.165, 1.54) is 5.56 Å². The molecule has 0 radical (unpaired) electrons. The van der Waals surface area contributed by atoms with Gasteiger partial charge in [0.25, 0.3) is 0 Å². The predicted octanol–water partition coefficient (Wildman–Crippen LogP) is 3.66. The number of piperazine rings is 1. The third-order valence-corrected chi connectivity index (χ3v) is 7.07. The molecule has 0 aliphatic carbocycles. The quantitative estimate of drug-likeness (QED) is 0.722. The molecule has 0 saturated carbocycles. The number of likely N-dealkylation sites (tertiary alicyclic amines) is 1. The minimum absolute atomic E-state index is 0.186. The molecular weight excluding hydrogens is 404 g/mol. The molecule has 2 saturated heterocycles. The molecule has 7 heteroatoms. The first-order valence-corrected chi connectivity index (χ1v) is 11.7. The minimum Gasteiger partial charge on any atom is -0.340 e. The van der Waals surface area contributed by atoms with Crippen LogP contribution in [-0.4, -0.2) is 64.9 Å². The second-order valence-corrected chi connectivity index (χ2v) is 9.63. The zero-order valence-electron chi connectivity index (χ0n) is 17.0. The zero-order chi connectivity index (χ0) is 20.2. The summed E-state index contributed by atoms with van der Waals surface area (Å²) in [5, 5.41) is 4.05. The predicted molar refractivity (Wildman–Crippen MR) is 118 cm³/mol. The molecule has 0 atom stereocenters. The van der Waals surface area contributed by atoms with Gasteiger partial charge < -0.3 is 4.90 Å². The van der Waals surface area contributed by atoms with Crippen LogP contribution in [0.2, 0.25) is 5.02 Å². The lowest BCUT2D eigenvalue weighted by Gasteiger charge is -2.38. The van der Waals surface area contributed by atoms with Crippen molar-refractivity contribution < 1.29 is 4.79 Å². The zero-order valence-corrected chi connectivity index (χ0v) is 18.6. The summed E-state index contributed by atoms with van der Waals surface area (Å²) in [5.41, 5.74) is 2.44. The average molecular weight is 433 g/mol. The van der Waals surface area contributed by atoms with Crippen molar-refractivity contribution in [3.63, 3.8) is 0 Å². The van der Waals surface area contributed by atoms with Crippen LogP contribution in [0.15, 0.2) is 29.6 Å². The van der Waals surface area contributed by atoms with Gasteiger partial charge in [-0.15, -0.1) is 11.3 Å². The van der Waals surface area contributed by atoms with Crippen molar-refractivity contribution in [2.45, 2.75) is 32.9 Å². The molecule has 2 aromatic rings. The van der Waals surface area contributed by atoms with Crippen LogP contribution in [0.4, 0.5) is 0 Å². The Labute approximate surface area is 182 Å². The molecule has 1 amide bonds. The van der Waals surface area contributed by atoms with Gasteiger partial charge in [0.2, 0.25) is 5.91 Å². The molecule has 3 heterocycles. The Hall–Kier alpha value is -1.47. The van der Waals surface area contributed by atoms with Crippen LogP contribution in [0.3, 0.4) is 0 Å². The molecule has 2 fully saturated rings.